The van der Waals surface area contributed by atoms with Crippen LogP contribution in [0.5, 0.6) is 0 Å². The third-order valence-electron chi connectivity index (χ3n) is 2.98. The zero-order valence-electron chi connectivity index (χ0n) is 11.6. The van der Waals surface area contributed by atoms with Crippen molar-refractivity contribution in [2.24, 2.45) is 0 Å². The molecule has 2 rings (SSSR count). The number of hydrogen-bond acceptors (Lipinski definition) is 4. The van der Waals surface area contributed by atoms with Gasteiger partial charge in [0.25, 0.3) is 0 Å². The average molecular weight is 263 g/mol. The number of alkyl carbamates (subject to hydrolysis) is 1. The van der Waals surface area contributed by atoms with Crippen LogP contribution in [0.25, 0.3) is 0 Å². The van der Waals surface area contributed by atoms with Gasteiger partial charge in [0.05, 0.1) is 6.04 Å². The topological polar surface area (TPSA) is 63.2 Å². The Morgan fingerprint density at radius 1 is 1.42 bits per heavy atom. The van der Waals surface area contributed by atoms with Crippen molar-refractivity contribution in [2.75, 3.05) is 13.1 Å². The number of amides is 1. The number of hydrogen-bond donors (Lipinski definition) is 2. The van der Waals surface area contributed by atoms with E-state index >= 15 is 0 Å². The zero-order chi connectivity index (χ0) is 13.9. The molecule has 1 aromatic heterocycles. The quantitative estimate of drug-likeness (QED) is 0.852. The van der Waals surface area contributed by atoms with Gasteiger partial charge in [0.1, 0.15) is 5.60 Å². The second-order valence-electron chi connectivity index (χ2n) is 5.77. The van der Waals surface area contributed by atoms with E-state index in [2.05, 4.69) is 15.6 Å². The summed E-state index contributed by atoms with van der Waals surface area (Å²) >= 11 is 0. The maximum Gasteiger partial charge on any atom is 0.407 e. The molecule has 0 spiro atoms. The molecule has 2 heterocycles. The fourth-order valence-electron chi connectivity index (χ4n) is 2.20. The van der Waals surface area contributed by atoms with Gasteiger partial charge in [-0.2, -0.15) is 0 Å². The van der Waals surface area contributed by atoms with Crippen molar-refractivity contribution in [1.82, 2.24) is 15.6 Å². The average Bonchev–Trinajstić information content (AvgIpc) is 2.75. The van der Waals surface area contributed by atoms with E-state index in [0.29, 0.717) is 0 Å². The molecule has 1 aliphatic rings. The summed E-state index contributed by atoms with van der Waals surface area (Å²) in [5.41, 5.74) is 0.518. The summed E-state index contributed by atoms with van der Waals surface area (Å²) in [5, 5.41) is 6.20. The minimum absolute atomic E-state index is 0.0183. The molecule has 1 amide bonds. The lowest BCUT2D eigenvalue weighted by Crippen LogP contribution is -2.42. The van der Waals surface area contributed by atoms with E-state index in [1.54, 1.807) is 6.20 Å². The summed E-state index contributed by atoms with van der Waals surface area (Å²) in [4.78, 5) is 16.2. The Morgan fingerprint density at radius 2 is 2.21 bits per heavy atom. The summed E-state index contributed by atoms with van der Waals surface area (Å²) in [7, 11) is 0. The van der Waals surface area contributed by atoms with Gasteiger partial charge in [-0.15, -0.1) is 0 Å². The van der Waals surface area contributed by atoms with Crippen molar-refractivity contribution in [3.8, 4) is 0 Å². The first kappa shape index (κ1) is 13.8. The van der Waals surface area contributed by atoms with Gasteiger partial charge >= 0.3 is 6.09 Å². The Hall–Kier alpha value is -1.62. The minimum atomic E-state index is -0.476. The molecule has 1 fully saturated rings. The molecule has 0 bridgehead atoms. The van der Waals surface area contributed by atoms with E-state index in [1.807, 2.05) is 39.0 Å². The smallest absolute Gasteiger partial charge is 0.407 e. The Morgan fingerprint density at radius 3 is 2.84 bits per heavy atom. The number of carbonyl (C=O) groups excluding carboxylic acids is 1. The van der Waals surface area contributed by atoms with Gasteiger partial charge in [-0.05, 0) is 32.9 Å². The standard InChI is InChI=1S/C14H21N3O2/c1-14(2,3)19-13(18)17-12-9-15-8-10(12)11-6-4-5-7-16-11/h4-7,10,12,15H,8-9H2,1-3H3,(H,17,18)/t10-,12+/m0/s1. The number of rotatable bonds is 2. The van der Waals surface area contributed by atoms with E-state index in [9.17, 15) is 4.79 Å². The van der Waals surface area contributed by atoms with Gasteiger partial charge < -0.3 is 15.4 Å². The number of nitrogens with zero attached hydrogens (tertiary/aromatic N) is 1. The second-order valence-corrected chi connectivity index (χ2v) is 5.77. The molecule has 104 valence electrons. The molecule has 2 N–H and O–H groups in total. The van der Waals surface area contributed by atoms with Gasteiger partial charge in [0, 0.05) is 30.9 Å². The molecule has 1 aliphatic heterocycles. The molecule has 2 atom stereocenters. The summed E-state index contributed by atoms with van der Waals surface area (Å²) in [5.74, 6) is 0.189. The van der Waals surface area contributed by atoms with Crippen molar-refractivity contribution in [3.05, 3.63) is 30.1 Å². The summed E-state index contributed by atoms with van der Waals surface area (Å²) < 4.78 is 5.29. The minimum Gasteiger partial charge on any atom is -0.444 e. The monoisotopic (exact) mass is 263 g/mol. The predicted octanol–water partition coefficient (Wildman–Crippen LogP) is 1.66. The van der Waals surface area contributed by atoms with Crippen LogP contribution in [0.3, 0.4) is 0 Å². The molecule has 5 heteroatoms. The first-order chi connectivity index (χ1) is 8.96. The molecule has 0 aliphatic carbocycles. The van der Waals surface area contributed by atoms with Crippen LogP contribution in [0.15, 0.2) is 24.4 Å². The first-order valence-electron chi connectivity index (χ1n) is 6.57. The second kappa shape index (κ2) is 5.57. The van der Waals surface area contributed by atoms with Crippen LogP contribution in [0, 0.1) is 0 Å². The largest absolute Gasteiger partial charge is 0.444 e. The Balaban J connectivity index is 1.98. The van der Waals surface area contributed by atoms with Crippen LogP contribution in [-0.4, -0.2) is 35.8 Å². The molecular weight excluding hydrogens is 242 g/mol. The lowest BCUT2D eigenvalue weighted by atomic mass is 9.99. The maximum atomic E-state index is 11.8. The normalized spacial score (nSPS) is 23.1. The van der Waals surface area contributed by atoms with Gasteiger partial charge in [0.15, 0.2) is 0 Å². The fraction of sp³-hybridized carbons (Fsp3) is 0.571. The molecule has 1 aromatic rings. The maximum absolute atomic E-state index is 11.8. The van der Waals surface area contributed by atoms with Gasteiger partial charge in [-0.1, -0.05) is 6.07 Å². The Kier molecular flexibility index (Phi) is 4.04. The van der Waals surface area contributed by atoms with Crippen LogP contribution >= 0.6 is 0 Å². The summed E-state index contributed by atoms with van der Waals surface area (Å²) in [6, 6.07) is 5.86. The summed E-state index contributed by atoms with van der Waals surface area (Å²) in [6.45, 7) is 7.12. The highest BCUT2D eigenvalue weighted by Crippen LogP contribution is 2.21. The van der Waals surface area contributed by atoms with E-state index in [0.717, 1.165) is 18.8 Å². The van der Waals surface area contributed by atoms with Crippen molar-refractivity contribution in [3.63, 3.8) is 0 Å². The molecule has 0 unspecified atom stereocenters. The first-order valence-corrected chi connectivity index (χ1v) is 6.57. The predicted molar refractivity (Wildman–Crippen MR) is 73.0 cm³/mol. The molecule has 0 saturated carbocycles. The van der Waals surface area contributed by atoms with E-state index in [1.165, 1.54) is 0 Å². The number of carbonyl (C=O) groups is 1. The summed E-state index contributed by atoms with van der Waals surface area (Å²) in [6.07, 6.45) is 1.40. The fourth-order valence-corrected chi connectivity index (χ4v) is 2.20. The van der Waals surface area contributed by atoms with Crippen molar-refractivity contribution in [1.29, 1.82) is 0 Å². The third-order valence-corrected chi connectivity index (χ3v) is 2.98. The molecule has 19 heavy (non-hydrogen) atoms. The van der Waals surface area contributed by atoms with Crippen molar-refractivity contribution < 1.29 is 9.53 Å². The van der Waals surface area contributed by atoms with Crippen LogP contribution in [0.4, 0.5) is 4.79 Å². The number of aromatic nitrogens is 1. The Bertz CT molecular complexity index is 428. The SMILES string of the molecule is CC(C)(C)OC(=O)N[C@@H]1CNC[C@H]1c1ccccn1. The highest BCUT2D eigenvalue weighted by atomic mass is 16.6. The van der Waals surface area contributed by atoms with Crippen molar-refractivity contribution >= 4 is 6.09 Å². The highest BCUT2D eigenvalue weighted by molar-refractivity contribution is 5.68. The Labute approximate surface area is 113 Å². The van der Waals surface area contributed by atoms with E-state index in [4.69, 9.17) is 4.74 Å². The lowest BCUT2D eigenvalue weighted by Gasteiger charge is -2.24. The van der Waals surface area contributed by atoms with Crippen LogP contribution in [0.2, 0.25) is 0 Å². The third kappa shape index (κ3) is 3.92. The molecule has 0 aromatic carbocycles. The number of nitrogens with one attached hydrogen (secondary N) is 2. The molecule has 5 nitrogen and oxygen atoms in total. The highest BCUT2D eigenvalue weighted by Gasteiger charge is 2.31. The molecule has 1 saturated heterocycles. The van der Waals surface area contributed by atoms with Gasteiger partial charge in [-0.25, -0.2) is 4.79 Å². The van der Waals surface area contributed by atoms with Crippen molar-refractivity contribution in [2.45, 2.75) is 38.3 Å². The lowest BCUT2D eigenvalue weighted by molar-refractivity contribution is 0.0504. The number of pyridine rings is 1. The van der Waals surface area contributed by atoms with E-state index in [-0.39, 0.29) is 18.1 Å². The van der Waals surface area contributed by atoms with Crippen LogP contribution < -0.4 is 10.6 Å². The molecule has 0 radical (unpaired) electrons. The molecular formula is C14H21N3O2. The van der Waals surface area contributed by atoms with E-state index < -0.39 is 5.60 Å². The van der Waals surface area contributed by atoms with Crippen LogP contribution in [0.1, 0.15) is 32.4 Å². The van der Waals surface area contributed by atoms with Gasteiger partial charge in [0.2, 0.25) is 0 Å². The van der Waals surface area contributed by atoms with Gasteiger partial charge in [-0.3, -0.25) is 4.98 Å². The van der Waals surface area contributed by atoms with Crippen LogP contribution in [-0.2, 0) is 4.74 Å². The zero-order valence-corrected chi connectivity index (χ0v) is 11.6. The number of ether oxygens (including phenoxy) is 1.